The Morgan fingerprint density at radius 1 is 1.28 bits per heavy atom. The summed E-state index contributed by atoms with van der Waals surface area (Å²) in [6.45, 7) is 1.58. The maximum absolute atomic E-state index is 10.9. The Balaban J connectivity index is 2.14. The summed E-state index contributed by atoms with van der Waals surface area (Å²) >= 11 is 0. The second-order valence-electron chi connectivity index (χ2n) is 3.89. The maximum atomic E-state index is 10.9. The van der Waals surface area contributed by atoms with Crippen molar-refractivity contribution in [3.63, 3.8) is 0 Å². The average Bonchev–Trinajstić information content (AvgIpc) is 2.91. The van der Waals surface area contributed by atoms with Gasteiger partial charge in [-0.05, 0) is 19.1 Å². The summed E-state index contributed by atoms with van der Waals surface area (Å²) in [6, 6.07) is 9.25. The number of nitrogens with zero attached hydrogens (tertiary/aromatic N) is 1. The normalized spacial score (nSPS) is 10.9. The van der Waals surface area contributed by atoms with Gasteiger partial charge in [0.05, 0.1) is 5.69 Å². The topological polar surface area (TPSA) is 76.5 Å². The fourth-order valence-corrected chi connectivity index (χ4v) is 1.79. The zero-order valence-electron chi connectivity index (χ0n) is 9.51. The Morgan fingerprint density at radius 3 is 2.72 bits per heavy atom. The standard InChI is InChI=1S/C13H9NO4/c1-7-11(13(15)16)18-12(14-7)10-6-8-4-2-3-5-9(8)17-10/h2-6H,1H3,(H,15,16). The van der Waals surface area contributed by atoms with E-state index in [-0.39, 0.29) is 11.7 Å². The molecule has 3 rings (SSSR count). The lowest BCUT2D eigenvalue weighted by Gasteiger charge is -1.87. The predicted molar refractivity (Wildman–Crippen MR) is 63.4 cm³/mol. The van der Waals surface area contributed by atoms with Gasteiger partial charge in [0.2, 0.25) is 5.76 Å². The molecule has 2 heterocycles. The van der Waals surface area contributed by atoms with Gasteiger partial charge in [-0.2, -0.15) is 0 Å². The summed E-state index contributed by atoms with van der Waals surface area (Å²) < 4.78 is 10.7. The lowest BCUT2D eigenvalue weighted by molar-refractivity contribution is 0.0662. The van der Waals surface area contributed by atoms with E-state index in [1.807, 2.05) is 24.3 Å². The minimum absolute atomic E-state index is 0.162. The van der Waals surface area contributed by atoms with Gasteiger partial charge in [0, 0.05) is 5.39 Å². The number of hydrogen-bond donors (Lipinski definition) is 1. The molecule has 5 heteroatoms. The number of para-hydroxylation sites is 1. The average molecular weight is 243 g/mol. The first-order valence-corrected chi connectivity index (χ1v) is 5.35. The number of carbonyl (C=O) groups is 1. The molecule has 0 saturated carbocycles. The fraction of sp³-hybridized carbons (Fsp3) is 0.0769. The van der Waals surface area contributed by atoms with Crippen LogP contribution in [0.15, 0.2) is 39.2 Å². The molecule has 3 aromatic rings. The van der Waals surface area contributed by atoms with Crippen molar-refractivity contribution in [1.82, 2.24) is 4.98 Å². The molecular weight excluding hydrogens is 234 g/mol. The van der Waals surface area contributed by atoms with Crippen molar-refractivity contribution in [2.75, 3.05) is 0 Å². The number of rotatable bonds is 2. The summed E-state index contributed by atoms with van der Waals surface area (Å²) in [5.74, 6) is -0.694. The summed E-state index contributed by atoms with van der Waals surface area (Å²) in [7, 11) is 0. The molecule has 18 heavy (non-hydrogen) atoms. The molecule has 0 aliphatic heterocycles. The van der Waals surface area contributed by atoms with Gasteiger partial charge in [-0.25, -0.2) is 9.78 Å². The van der Waals surface area contributed by atoms with E-state index in [9.17, 15) is 4.79 Å². The van der Waals surface area contributed by atoms with E-state index < -0.39 is 5.97 Å². The molecule has 0 bridgehead atoms. The van der Waals surface area contributed by atoms with E-state index in [4.69, 9.17) is 13.9 Å². The lowest BCUT2D eigenvalue weighted by Crippen LogP contribution is -1.95. The highest BCUT2D eigenvalue weighted by Crippen LogP contribution is 2.28. The zero-order valence-corrected chi connectivity index (χ0v) is 9.51. The third kappa shape index (κ3) is 1.57. The fourth-order valence-electron chi connectivity index (χ4n) is 1.79. The van der Waals surface area contributed by atoms with Crippen LogP contribution in [0.4, 0.5) is 0 Å². The zero-order chi connectivity index (χ0) is 12.7. The van der Waals surface area contributed by atoms with Crippen LogP contribution >= 0.6 is 0 Å². The molecule has 1 N–H and O–H groups in total. The number of carboxylic acids is 1. The van der Waals surface area contributed by atoms with Crippen molar-refractivity contribution in [3.05, 3.63) is 41.8 Å². The molecule has 0 spiro atoms. The lowest BCUT2D eigenvalue weighted by atomic mass is 10.2. The van der Waals surface area contributed by atoms with E-state index in [1.54, 1.807) is 13.0 Å². The summed E-state index contributed by atoms with van der Waals surface area (Å²) in [4.78, 5) is 14.9. The largest absolute Gasteiger partial charge is 0.475 e. The minimum Gasteiger partial charge on any atom is -0.475 e. The van der Waals surface area contributed by atoms with Crippen LogP contribution in [0.1, 0.15) is 16.2 Å². The van der Waals surface area contributed by atoms with Gasteiger partial charge in [0.15, 0.2) is 5.76 Å². The van der Waals surface area contributed by atoms with Gasteiger partial charge < -0.3 is 13.9 Å². The molecule has 1 aromatic carbocycles. The van der Waals surface area contributed by atoms with Crippen LogP contribution in [0.5, 0.6) is 0 Å². The monoisotopic (exact) mass is 243 g/mol. The molecule has 0 aliphatic carbocycles. The number of carboxylic acid groups (broad SMARTS) is 1. The Labute approximate surface area is 102 Å². The molecular formula is C13H9NO4. The Bertz CT molecular complexity index is 705. The van der Waals surface area contributed by atoms with Crippen LogP contribution < -0.4 is 0 Å². The second kappa shape index (κ2) is 3.73. The third-order valence-corrected chi connectivity index (χ3v) is 2.63. The van der Waals surface area contributed by atoms with Gasteiger partial charge in [0.25, 0.3) is 5.89 Å². The van der Waals surface area contributed by atoms with Gasteiger partial charge in [-0.15, -0.1) is 0 Å². The summed E-state index contributed by atoms with van der Waals surface area (Å²) in [6.07, 6.45) is 0. The SMILES string of the molecule is Cc1nc(-c2cc3ccccc3o2)oc1C(=O)O. The van der Waals surface area contributed by atoms with Gasteiger partial charge in [-0.1, -0.05) is 18.2 Å². The van der Waals surface area contributed by atoms with Crippen LogP contribution in [0, 0.1) is 6.92 Å². The molecule has 0 saturated heterocycles. The van der Waals surface area contributed by atoms with E-state index in [0.29, 0.717) is 17.0 Å². The molecule has 0 aliphatic rings. The number of aromatic carboxylic acids is 1. The molecule has 90 valence electrons. The molecule has 0 unspecified atom stereocenters. The molecule has 0 fully saturated rings. The molecule has 0 amide bonds. The van der Waals surface area contributed by atoms with E-state index in [0.717, 1.165) is 5.39 Å². The minimum atomic E-state index is -1.14. The van der Waals surface area contributed by atoms with Crippen LogP contribution in [0.2, 0.25) is 0 Å². The number of furan rings is 1. The Hall–Kier alpha value is -2.56. The highest BCUT2D eigenvalue weighted by atomic mass is 16.4. The Kier molecular flexibility index (Phi) is 2.19. The van der Waals surface area contributed by atoms with Crippen molar-refractivity contribution in [2.45, 2.75) is 6.92 Å². The van der Waals surface area contributed by atoms with Crippen LogP contribution in [0.3, 0.4) is 0 Å². The highest BCUT2D eigenvalue weighted by molar-refractivity contribution is 5.86. The first-order chi connectivity index (χ1) is 8.65. The predicted octanol–water partition coefficient (Wildman–Crippen LogP) is 3.09. The van der Waals surface area contributed by atoms with Crippen LogP contribution in [0.25, 0.3) is 22.6 Å². The number of aryl methyl sites for hydroxylation is 1. The van der Waals surface area contributed by atoms with Gasteiger partial charge in [-0.3, -0.25) is 0 Å². The van der Waals surface area contributed by atoms with Crippen molar-refractivity contribution in [3.8, 4) is 11.7 Å². The number of fused-ring (bicyclic) bond motifs is 1. The van der Waals surface area contributed by atoms with Crippen LogP contribution in [-0.2, 0) is 0 Å². The third-order valence-electron chi connectivity index (χ3n) is 2.63. The number of benzene rings is 1. The van der Waals surface area contributed by atoms with Gasteiger partial charge in [0.1, 0.15) is 5.58 Å². The number of oxazole rings is 1. The first-order valence-electron chi connectivity index (χ1n) is 5.35. The molecule has 0 atom stereocenters. The molecule has 5 nitrogen and oxygen atoms in total. The van der Waals surface area contributed by atoms with Crippen molar-refractivity contribution < 1.29 is 18.7 Å². The summed E-state index contributed by atoms with van der Waals surface area (Å²) in [5.41, 5.74) is 1.04. The molecule has 0 radical (unpaired) electrons. The van der Waals surface area contributed by atoms with Crippen molar-refractivity contribution in [1.29, 1.82) is 0 Å². The smallest absolute Gasteiger partial charge is 0.373 e. The number of aromatic nitrogens is 1. The van der Waals surface area contributed by atoms with E-state index in [2.05, 4.69) is 4.98 Å². The maximum Gasteiger partial charge on any atom is 0.373 e. The van der Waals surface area contributed by atoms with Crippen molar-refractivity contribution >= 4 is 16.9 Å². The second-order valence-corrected chi connectivity index (χ2v) is 3.89. The summed E-state index contributed by atoms with van der Waals surface area (Å²) in [5, 5.41) is 9.82. The van der Waals surface area contributed by atoms with E-state index >= 15 is 0 Å². The Morgan fingerprint density at radius 2 is 2.06 bits per heavy atom. The molecule has 2 aromatic heterocycles. The number of hydrogen-bond acceptors (Lipinski definition) is 4. The quantitative estimate of drug-likeness (QED) is 0.748. The van der Waals surface area contributed by atoms with Crippen molar-refractivity contribution in [2.24, 2.45) is 0 Å². The highest BCUT2D eigenvalue weighted by Gasteiger charge is 2.19. The van der Waals surface area contributed by atoms with Gasteiger partial charge >= 0.3 is 5.97 Å². The van der Waals surface area contributed by atoms with E-state index in [1.165, 1.54) is 0 Å². The van der Waals surface area contributed by atoms with Crippen LogP contribution in [-0.4, -0.2) is 16.1 Å². The first kappa shape index (κ1) is 10.6.